The highest BCUT2D eigenvalue weighted by Crippen LogP contribution is 2.44. The Morgan fingerprint density at radius 2 is 1.25 bits per heavy atom. The fraction of sp³-hybridized carbons (Fsp3) is 0.267. The van der Waals surface area contributed by atoms with Crippen molar-refractivity contribution < 1.29 is 29.5 Å². The second kappa shape index (κ2) is 12.8. The molecule has 40 heavy (non-hydrogen) atoms. The highest BCUT2D eigenvalue weighted by Gasteiger charge is 2.41. The summed E-state index contributed by atoms with van der Waals surface area (Å²) in [6.07, 6.45) is -0.996. The van der Waals surface area contributed by atoms with E-state index in [0.29, 0.717) is 22.6 Å². The van der Waals surface area contributed by atoms with E-state index in [4.69, 9.17) is 14.2 Å². The van der Waals surface area contributed by atoms with Crippen molar-refractivity contribution in [2.24, 2.45) is 0 Å². The number of ether oxygens (including phenoxy) is 3. The van der Waals surface area contributed by atoms with Crippen molar-refractivity contribution in [1.29, 1.82) is 0 Å². The normalized spacial score (nSPS) is 12.3. The number of nitrogens with zero attached hydrogens (tertiary/aromatic N) is 1. The number of benzene rings is 3. The van der Waals surface area contributed by atoms with Crippen molar-refractivity contribution in [2.75, 3.05) is 34.0 Å². The molecule has 0 spiro atoms. The first-order valence-corrected chi connectivity index (χ1v) is 12.6. The van der Waals surface area contributed by atoms with Crippen LogP contribution in [0.4, 0.5) is 0 Å². The Morgan fingerprint density at radius 3 is 1.70 bits per heavy atom. The van der Waals surface area contributed by atoms with Crippen molar-refractivity contribution in [3.8, 4) is 11.5 Å². The van der Waals surface area contributed by atoms with Crippen LogP contribution in [0.2, 0.25) is 0 Å². The molecule has 1 heterocycles. The van der Waals surface area contributed by atoms with Crippen molar-refractivity contribution in [1.82, 2.24) is 9.55 Å². The number of aromatic amines is 1. The molecule has 0 bridgehead atoms. The molecule has 1 atom stereocenters. The lowest BCUT2D eigenvalue weighted by molar-refractivity contribution is -0.113. The van der Waals surface area contributed by atoms with Crippen molar-refractivity contribution in [3.05, 3.63) is 128 Å². The molecule has 10 heteroatoms. The van der Waals surface area contributed by atoms with Gasteiger partial charge in [-0.05, 0) is 41.0 Å². The Hall–Kier alpha value is -4.22. The van der Waals surface area contributed by atoms with Crippen LogP contribution in [0.5, 0.6) is 11.5 Å². The fourth-order valence-corrected chi connectivity index (χ4v) is 4.87. The van der Waals surface area contributed by atoms with Gasteiger partial charge in [0.15, 0.2) is 6.23 Å². The number of aliphatic hydroxyl groups is 3. The van der Waals surface area contributed by atoms with E-state index >= 15 is 0 Å². The summed E-state index contributed by atoms with van der Waals surface area (Å²) >= 11 is 0. The predicted molar refractivity (Wildman–Crippen MR) is 148 cm³/mol. The first kappa shape index (κ1) is 28.8. The summed E-state index contributed by atoms with van der Waals surface area (Å²) in [5, 5.41) is 29.1. The average molecular weight is 549 g/mol. The van der Waals surface area contributed by atoms with Crippen LogP contribution in [-0.4, -0.2) is 65.0 Å². The van der Waals surface area contributed by atoms with Crippen molar-refractivity contribution in [2.45, 2.75) is 17.7 Å². The lowest BCUT2D eigenvalue weighted by Crippen LogP contribution is -2.43. The van der Waals surface area contributed by atoms with E-state index < -0.39 is 48.8 Å². The summed E-state index contributed by atoms with van der Waals surface area (Å²) in [7, 11) is 3.12. The standard InChI is InChI=1S/C30H32N2O8/c1-38-23-12-8-21(9-13-23)30(20-6-4-3-5-7-20,22-10-14-24(39-2)15-11-22)26-16-32(29(37)31-28(26)36)27(19-35)40-25(17-33)18-34/h3-16,25,27,33-35H,17-19H2,1-2H3,(H,31,36,37)/t27-/m1/s1. The number of hydrogen-bond donors (Lipinski definition) is 4. The van der Waals surface area contributed by atoms with Crippen molar-refractivity contribution >= 4 is 0 Å². The van der Waals surface area contributed by atoms with Gasteiger partial charge in [-0.15, -0.1) is 0 Å². The molecule has 3 aromatic carbocycles. The van der Waals surface area contributed by atoms with Crippen LogP contribution in [0.15, 0.2) is 94.6 Å². The summed E-state index contributed by atoms with van der Waals surface area (Å²) in [6.45, 7) is -1.74. The second-order valence-electron chi connectivity index (χ2n) is 9.04. The fourth-order valence-electron chi connectivity index (χ4n) is 4.87. The van der Waals surface area contributed by atoms with E-state index in [1.165, 1.54) is 6.20 Å². The minimum atomic E-state index is -1.30. The zero-order valence-electron chi connectivity index (χ0n) is 22.2. The van der Waals surface area contributed by atoms with Crippen LogP contribution in [0.25, 0.3) is 0 Å². The van der Waals surface area contributed by atoms with Gasteiger partial charge in [0.1, 0.15) is 17.6 Å². The Balaban J connectivity index is 2.10. The maximum Gasteiger partial charge on any atom is 0.330 e. The zero-order chi connectivity index (χ0) is 28.7. The Morgan fingerprint density at radius 1 is 0.750 bits per heavy atom. The van der Waals surface area contributed by atoms with Crippen LogP contribution in [0.1, 0.15) is 28.5 Å². The zero-order valence-corrected chi connectivity index (χ0v) is 22.2. The van der Waals surface area contributed by atoms with Gasteiger partial charge < -0.3 is 29.5 Å². The molecule has 0 aliphatic rings. The highest BCUT2D eigenvalue weighted by atomic mass is 16.5. The number of aromatic nitrogens is 2. The summed E-state index contributed by atoms with van der Waals surface area (Å²) in [4.78, 5) is 29.1. The number of methoxy groups -OCH3 is 2. The predicted octanol–water partition coefficient (Wildman–Crippen LogP) is 1.80. The molecular formula is C30H32N2O8. The summed E-state index contributed by atoms with van der Waals surface area (Å²) in [6, 6.07) is 23.9. The van der Waals surface area contributed by atoms with Gasteiger partial charge in [0.25, 0.3) is 5.56 Å². The third-order valence-electron chi connectivity index (χ3n) is 6.85. The molecule has 0 radical (unpaired) electrons. The van der Waals surface area contributed by atoms with E-state index in [9.17, 15) is 24.9 Å². The Labute approximate surface area is 230 Å². The summed E-state index contributed by atoms with van der Waals surface area (Å²) < 4.78 is 17.4. The second-order valence-corrected chi connectivity index (χ2v) is 9.04. The molecule has 0 fully saturated rings. The summed E-state index contributed by atoms with van der Waals surface area (Å²) in [5.74, 6) is 1.24. The molecule has 0 saturated heterocycles. The van der Waals surface area contributed by atoms with E-state index in [1.807, 2.05) is 54.6 Å². The highest BCUT2D eigenvalue weighted by molar-refractivity contribution is 5.59. The van der Waals surface area contributed by atoms with Crippen LogP contribution in [-0.2, 0) is 10.2 Å². The third kappa shape index (κ3) is 5.43. The first-order chi connectivity index (χ1) is 19.4. The number of hydrogen-bond acceptors (Lipinski definition) is 8. The van der Waals surface area contributed by atoms with Gasteiger partial charge in [-0.2, -0.15) is 0 Å². The Kier molecular flexibility index (Phi) is 9.18. The minimum absolute atomic E-state index is 0.167. The number of rotatable bonds is 12. The van der Waals surface area contributed by atoms with Crippen LogP contribution >= 0.6 is 0 Å². The molecule has 10 nitrogen and oxygen atoms in total. The van der Waals surface area contributed by atoms with E-state index in [0.717, 1.165) is 10.1 Å². The van der Waals surface area contributed by atoms with Gasteiger partial charge >= 0.3 is 5.69 Å². The molecule has 4 rings (SSSR count). The molecule has 1 aromatic heterocycles. The number of aliphatic hydroxyl groups excluding tert-OH is 3. The monoisotopic (exact) mass is 548 g/mol. The SMILES string of the molecule is COc1ccc(C(c2ccccc2)(c2ccc(OC)cc2)c2cn([C@@H](CO)OC(CO)CO)c(=O)[nH]c2=O)cc1. The average Bonchev–Trinajstić information content (AvgIpc) is 3.00. The van der Waals surface area contributed by atoms with Gasteiger partial charge in [0, 0.05) is 6.20 Å². The van der Waals surface area contributed by atoms with Gasteiger partial charge in [-0.3, -0.25) is 14.3 Å². The lowest BCUT2D eigenvalue weighted by atomic mass is 9.65. The van der Waals surface area contributed by atoms with E-state index in [1.54, 1.807) is 38.5 Å². The smallest absolute Gasteiger partial charge is 0.330 e. The van der Waals surface area contributed by atoms with Crippen LogP contribution in [0.3, 0.4) is 0 Å². The van der Waals surface area contributed by atoms with E-state index in [-0.39, 0.29) is 5.56 Å². The third-order valence-corrected chi connectivity index (χ3v) is 6.85. The quantitative estimate of drug-likeness (QED) is 0.196. The molecular weight excluding hydrogens is 516 g/mol. The molecule has 0 aliphatic heterocycles. The van der Waals surface area contributed by atoms with Crippen LogP contribution in [0, 0.1) is 0 Å². The molecule has 4 N–H and O–H groups in total. The first-order valence-electron chi connectivity index (χ1n) is 12.6. The maximum atomic E-state index is 13.7. The number of nitrogens with one attached hydrogen (secondary N) is 1. The Bertz CT molecular complexity index is 1450. The lowest BCUT2D eigenvalue weighted by Gasteiger charge is -2.36. The van der Waals surface area contributed by atoms with Crippen molar-refractivity contribution in [3.63, 3.8) is 0 Å². The summed E-state index contributed by atoms with van der Waals surface area (Å²) in [5.41, 5.74) is -0.429. The van der Waals surface area contributed by atoms with Gasteiger partial charge in [0.05, 0.1) is 45.0 Å². The largest absolute Gasteiger partial charge is 0.497 e. The van der Waals surface area contributed by atoms with Gasteiger partial charge in [0.2, 0.25) is 0 Å². The molecule has 0 aliphatic carbocycles. The maximum absolute atomic E-state index is 13.7. The molecule has 0 amide bonds. The number of H-pyrrole nitrogens is 1. The topological polar surface area (TPSA) is 143 Å². The molecule has 0 saturated carbocycles. The van der Waals surface area contributed by atoms with Crippen LogP contribution < -0.4 is 20.7 Å². The molecule has 210 valence electrons. The molecule has 0 unspecified atom stereocenters. The van der Waals surface area contributed by atoms with Gasteiger partial charge in [-0.25, -0.2) is 4.79 Å². The minimum Gasteiger partial charge on any atom is -0.497 e. The molecule has 4 aromatic rings. The van der Waals surface area contributed by atoms with Gasteiger partial charge in [-0.1, -0.05) is 54.6 Å². The van der Waals surface area contributed by atoms with E-state index in [2.05, 4.69) is 4.98 Å².